The van der Waals surface area contributed by atoms with Gasteiger partial charge in [-0.25, -0.2) is 13.1 Å². The molecule has 108 valence electrons. The van der Waals surface area contributed by atoms with Crippen LogP contribution < -0.4 is 10.5 Å². The van der Waals surface area contributed by atoms with E-state index in [0.717, 1.165) is 4.88 Å². The largest absolute Gasteiger partial charge is 0.392 e. The topological polar surface area (TPSA) is 72.2 Å². The molecule has 0 radical (unpaired) electrons. The number of sulfonamides is 1. The van der Waals surface area contributed by atoms with E-state index >= 15 is 0 Å². The summed E-state index contributed by atoms with van der Waals surface area (Å²) in [7, 11) is -3.51. The lowest BCUT2D eigenvalue weighted by molar-refractivity contribution is 0.507. The fourth-order valence-corrected chi connectivity index (χ4v) is 4.61. The van der Waals surface area contributed by atoms with Crippen LogP contribution in [0.5, 0.6) is 0 Å². The summed E-state index contributed by atoms with van der Waals surface area (Å²) in [6, 6.07) is 3.96. The average molecular weight is 321 g/mol. The molecule has 1 atom stereocenters. The van der Waals surface area contributed by atoms with E-state index < -0.39 is 15.3 Å². The molecular formula is C12H20N2O2S3. The van der Waals surface area contributed by atoms with E-state index in [-0.39, 0.29) is 10.4 Å². The van der Waals surface area contributed by atoms with Crippen LogP contribution in [0.1, 0.15) is 32.1 Å². The lowest BCUT2D eigenvalue weighted by Crippen LogP contribution is -2.45. The molecule has 0 fully saturated rings. The van der Waals surface area contributed by atoms with Crippen molar-refractivity contribution in [3.63, 3.8) is 0 Å². The molecule has 1 rings (SSSR count). The number of nitrogens with one attached hydrogen (secondary N) is 1. The van der Waals surface area contributed by atoms with Gasteiger partial charge in [-0.05, 0) is 17.9 Å². The highest BCUT2D eigenvalue weighted by Crippen LogP contribution is 2.27. The van der Waals surface area contributed by atoms with E-state index in [4.69, 9.17) is 18.0 Å². The standard InChI is InChI=1S/C12H20N2O2S3/c1-4-9(11(13)17)19(15,16)14-8-12(2,3)10-6-5-7-18-10/h5-7,9,14H,4,8H2,1-3H3,(H2,13,17). The predicted octanol–water partition coefficient (Wildman–Crippen LogP) is 2.01. The van der Waals surface area contributed by atoms with Gasteiger partial charge in [-0.15, -0.1) is 11.3 Å². The summed E-state index contributed by atoms with van der Waals surface area (Å²) in [5.74, 6) is 0. The van der Waals surface area contributed by atoms with Gasteiger partial charge in [0.25, 0.3) is 0 Å². The zero-order chi connectivity index (χ0) is 14.7. The SMILES string of the molecule is CCC(C(N)=S)S(=O)(=O)NCC(C)(C)c1cccs1. The van der Waals surface area contributed by atoms with Gasteiger partial charge in [0.05, 0.1) is 4.99 Å². The highest BCUT2D eigenvalue weighted by Gasteiger charge is 2.30. The third-order valence-corrected chi connectivity index (χ3v) is 6.52. The molecule has 0 saturated heterocycles. The van der Waals surface area contributed by atoms with Crippen molar-refractivity contribution in [2.45, 2.75) is 37.9 Å². The van der Waals surface area contributed by atoms with Crippen molar-refractivity contribution in [3.05, 3.63) is 22.4 Å². The molecule has 7 heteroatoms. The van der Waals surface area contributed by atoms with E-state index in [2.05, 4.69) is 4.72 Å². The fourth-order valence-electron chi connectivity index (χ4n) is 1.71. The lowest BCUT2D eigenvalue weighted by atomic mass is 9.92. The minimum atomic E-state index is -3.51. The normalized spacial score (nSPS) is 14.3. The minimum Gasteiger partial charge on any atom is -0.392 e. The average Bonchev–Trinajstić information content (AvgIpc) is 2.80. The first-order valence-corrected chi connectivity index (χ1v) is 8.86. The van der Waals surface area contributed by atoms with Crippen molar-refractivity contribution in [2.24, 2.45) is 5.73 Å². The van der Waals surface area contributed by atoms with Crippen LogP contribution in [0.4, 0.5) is 0 Å². The third-order valence-electron chi connectivity index (χ3n) is 2.97. The first-order valence-electron chi connectivity index (χ1n) is 6.02. The Hall–Kier alpha value is -0.500. The first-order chi connectivity index (χ1) is 8.70. The van der Waals surface area contributed by atoms with Gasteiger partial charge in [0, 0.05) is 16.8 Å². The molecule has 19 heavy (non-hydrogen) atoms. The summed E-state index contributed by atoms with van der Waals surface area (Å²) in [6.45, 7) is 6.09. The lowest BCUT2D eigenvalue weighted by Gasteiger charge is -2.25. The van der Waals surface area contributed by atoms with Crippen LogP contribution >= 0.6 is 23.6 Å². The van der Waals surface area contributed by atoms with E-state index in [1.54, 1.807) is 18.3 Å². The van der Waals surface area contributed by atoms with Crippen LogP contribution in [0.3, 0.4) is 0 Å². The molecule has 0 aliphatic carbocycles. The summed E-state index contributed by atoms with van der Waals surface area (Å²) in [5, 5.41) is 1.18. The Morgan fingerprint density at radius 3 is 2.63 bits per heavy atom. The zero-order valence-corrected chi connectivity index (χ0v) is 13.8. The Morgan fingerprint density at radius 2 is 2.21 bits per heavy atom. The monoisotopic (exact) mass is 320 g/mol. The quantitative estimate of drug-likeness (QED) is 0.754. The van der Waals surface area contributed by atoms with Gasteiger partial charge in [-0.2, -0.15) is 0 Å². The molecule has 0 aliphatic heterocycles. The second-order valence-electron chi connectivity index (χ2n) is 5.03. The predicted molar refractivity (Wildman–Crippen MR) is 85.1 cm³/mol. The van der Waals surface area contributed by atoms with Gasteiger partial charge >= 0.3 is 0 Å². The van der Waals surface area contributed by atoms with Crippen LogP contribution in [0.15, 0.2) is 17.5 Å². The number of hydrogen-bond acceptors (Lipinski definition) is 4. The minimum absolute atomic E-state index is 0.0175. The Morgan fingerprint density at radius 1 is 1.58 bits per heavy atom. The number of rotatable bonds is 7. The van der Waals surface area contributed by atoms with E-state index in [0.29, 0.717) is 13.0 Å². The summed E-state index contributed by atoms with van der Waals surface area (Å²) in [4.78, 5) is 1.16. The van der Waals surface area contributed by atoms with Crippen LogP contribution in [0, 0.1) is 0 Å². The summed E-state index contributed by atoms with van der Waals surface area (Å²) < 4.78 is 26.9. The molecule has 0 amide bonds. The molecule has 3 N–H and O–H groups in total. The van der Waals surface area contributed by atoms with Gasteiger partial charge in [0.15, 0.2) is 0 Å². The maximum atomic E-state index is 12.1. The van der Waals surface area contributed by atoms with Crippen LogP contribution in [-0.2, 0) is 15.4 Å². The van der Waals surface area contributed by atoms with E-state index in [9.17, 15) is 8.42 Å². The molecule has 0 saturated carbocycles. The van der Waals surface area contributed by atoms with Gasteiger partial charge < -0.3 is 5.73 Å². The van der Waals surface area contributed by atoms with Crippen molar-refractivity contribution in [2.75, 3.05) is 6.54 Å². The van der Waals surface area contributed by atoms with Gasteiger partial charge in [-0.1, -0.05) is 39.1 Å². The Kier molecular flexibility index (Phi) is 5.49. The Balaban J connectivity index is 2.78. The molecule has 1 aromatic rings. The van der Waals surface area contributed by atoms with Crippen LogP contribution in [0.2, 0.25) is 0 Å². The fraction of sp³-hybridized carbons (Fsp3) is 0.583. The zero-order valence-electron chi connectivity index (χ0n) is 11.3. The molecule has 4 nitrogen and oxygen atoms in total. The molecule has 0 aliphatic rings. The highest BCUT2D eigenvalue weighted by atomic mass is 32.2. The molecule has 0 bridgehead atoms. The van der Waals surface area contributed by atoms with E-state index in [1.807, 2.05) is 31.4 Å². The number of hydrogen-bond donors (Lipinski definition) is 2. The van der Waals surface area contributed by atoms with Gasteiger partial charge in [0.2, 0.25) is 10.0 Å². The Bertz CT molecular complexity index is 521. The second-order valence-corrected chi connectivity index (χ2v) is 8.39. The number of nitrogens with two attached hydrogens (primary N) is 1. The molecule has 1 heterocycles. The van der Waals surface area contributed by atoms with Crippen molar-refractivity contribution < 1.29 is 8.42 Å². The van der Waals surface area contributed by atoms with Crippen LogP contribution in [-0.4, -0.2) is 25.2 Å². The maximum Gasteiger partial charge on any atom is 0.221 e. The number of thiocarbonyl (C=S) groups is 1. The summed E-state index contributed by atoms with van der Waals surface area (Å²) in [5.41, 5.74) is 5.23. The smallest absolute Gasteiger partial charge is 0.221 e. The molecular weight excluding hydrogens is 300 g/mol. The van der Waals surface area contributed by atoms with Gasteiger partial charge in [0.1, 0.15) is 5.25 Å². The highest BCUT2D eigenvalue weighted by molar-refractivity contribution is 7.93. The Labute approximate surface area is 124 Å². The van der Waals surface area contributed by atoms with Crippen molar-refractivity contribution >= 4 is 38.6 Å². The van der Waals surface area contributed by atoms with Crippen molar-refractivity contribution in [3.8, 4) is 0 Å². The van der Waals surface area contributed by atoms with Crippen LogP contribution in [0.25, 0.3) is 0 Å². The second kappa shape index (κ2) is 6.30. The molecule has 0 spiro atoms. The van der Waals surface area contributed by atoms with Crippen molar-refractivity contribution in [1.82, 2.24) is 4.72 Å². The summed E-state index contributed by atoms with van der Waals surface area (Å²) >= 11 is 6.43. The molecule has 1 unspecified atom stereocenters. The van der Waals surface area contributed by atoms with E-state index in [1.165, 1.54) is 0 Å². The van der Waals surface area contributed by atoms with Crippen molar-refractivity contribution in [1.29, 1.82) is 0 Å². The van der Waals surface area contributed by atoms with Gasteiger partial charge in [-0.3, -0.25) is 0 Å². The first kappa shape index (κ1) is 16.6. The number of thiophene rings is 1. The molecule has 0 aromatic carbocycles. The molecule has 1 aromatic heterocycles. The third kappa shape index (κ3) is 4.24. The summed E-state index contributed by atoms with van der Waals surface area (Å²) in [6.07, 6.45) is 0.379. The maximum absolute atomic E-state index is 12.1.